The van der Waals surface area contributed by atoms with E-state index in [9.17, 15) is 9.59 Å². The maximum Gasteiger partial charge on any atom is 0.293 e. The van der Waals surface area contributed by atoms with Crippen LogP contribution in [0.4, 0.5) is 11.5 Å². The molecule has 130 valence electrons. The molecule has 9 heteroatoms. The fourth-order valence-electron chi connectivity index (χ4n) is 2.61. The molecule has 1 aromatic carbocycles. The van der Waals surface area contributed by atoms with Gasteiger partial charge in [0.05, 0.1) is 11.9 Å². The molecule has 9 nitrogen and oxygen atoms in total. The van der Waals surface area contributed by atoms with Crippen LogP contribution in [0.15, 0.2) is 59.9 Å². The van der Waals surface area contributed by atoms with Crippen LogP contribution in [0.2, 0.25) is 0 Å². The van der Waals surface area contributed by atoms with Gasteiger partial charge in [0.15, 0.2) is 5.65 Å². The van der Waals surface area contributed by atoms with Crippen molar-refractivity contribution in [3.05, 3.63) is 54.9 Å². The van der Waals surface area contributed by atoms with Crippen molar-refractivity contribution in [1.29, 1.82) is 0 Å². The van der Waals surface area contributed by atoms with E-state index in [0.29, 0.717) is 17.2 Å². The van der Waals surface area contributed by atoms with Crippen molar-refractivity contribution in [3.8, 4) is 0 Å². The van der Waals surface area contributed by atoms with Gasteiger partial charge in [0, 0.05) is 12.3 Å². The van der Waals surface area contributed by atoms with Gasteiger partial charge in [-0.25, -0.2) is 15.0 Å². The number of nitrogens with one attached hydrogen (secondary N) is 2. The Kier molecular flexibility index (Phi) is 3.81. The molecular weight excluding hydrogens is 334 g/mol. The van der Waals surface area contributed by atoms with Gasteiger partial charge in [-0.05, 0) is 25.1 Å². The lowest BCUT2D eigenvalue weighted by atomic mass is 10.2. The number of para-hydroxylation sites is 1. The number of carbonyl (C=O) groups is 2. The first kappa shape index (κ1) is 15.8. The van der Waals surface area contributed by atoms with Crippen LogP contribution in [0.1, 0.15) is 6.92 Å². The summed E-state index contributed by atoms with van der Waals surface area (Å²) in [6.45, 7) is 1.64. The molecule has 1 atom stereocenters. The summed E-state index contributed by atoms with van der Waals surface area (Å²) in [5, 5.41) is 8.18. The monoisotopic (exact) mass is 349 g/mol. The summed E-state index contributed by atoms with van der Waals surface area (Å²) in [6, 6.07) is 11.7. The lowest BCUT2D eigenvalue weighted by Gasteiger charge is -2.30. The lowest BCUT2D eigenvalue weighted by molar-refractivity contribution is -0.120. The Balaban J connectivity index is 1.60. The third-order valence-corrected chi connectivity index (χ3v) is 3.88. The Morgan fingerprint density at radius 3 is 2.77 bits per heavy atom. The molecule has 0 radical (unpaired) electrons. The highest BCUT2D eigenvalue weighted by molar-refractivity contribution is 6.43. The second kappa shape index (κ2) is 6.28. The zero-order valence-corrected chi connectivity index (χ0v) is 13.8. The highest BCUT2D eigenvalue weighted by Gasteiger charge is 2.30. The van der Waals surface area contributed by atoms with Crippen molar-refractivity contribution in [2.75, 3.05) is 10.3 Å². The van der Waals surface area contributed by atoms with E-state index in [2.05, 4.69) is 25.8 Å². The Morgan fingerprint density at radius 1 is 1.15 bits per heavy atom. The number of aromatic nitrogens is 3. The molecule has 0 saturated carbocycles. The van der Waals surface area contributed by atoms with Gasteiger partial charge in [0.25, 0.3) is 11.8 Å². The van der Waals surface area contributed by atoms with E-state index in [1.165, 1.54) is 9.52 Å². The van der Waals surface area contributed by atoms with Gasteiger partial charge >= 0.3 is 0 Å². The van der Waals surface area contributed by atoms with Crippen molar-refractivity contribution >= 4 is 34.8 Å². The normalized spacial score (nSPS) is 17.0. The number of nitrogens with zero attached hydrogens (tertiary/aromatic N) is 5. The maximum atomic E-state index is 12.7. The first-order chi connectivity index (χ1) is 12.6. The van der Waals surface area contributed by atoms with Crippen LogP contribution in [-0.4, -0.2) is 38.3 Å². The number of carbonyl (C=O) groups excluding carboxylic acids is 2. The molecule has 2 aromatic heterocycles. The predicted octanol–water partition coefficient (Wildman–Crippen LogP) is 1.01. The van der Waals surface area contributed by atoms with E-state index in [1.807, 2.05) is 18.2 Å². The molecule has 0 bridgehead atoms. The van der Waals surface area contributed by atoms with E-state index in [-0.39, 0.29) is 11.7 Å². The van der Waals surface area contributed by atoms with Crippen molar-refractivity contribution in [2.45, 2.75) is 13.0 Å². The zero-order chi connectivity index (χ0) is 18.1. The SMILES string of the molecule is CC1N=C(C(=O)Nc2ccnc3ccnn23)NN(c2ccccc2)C1=O. The number of hydrogen-bond acceptors (Lipinski definition) is 6. The van der Waals surface area contributed by atoms with E-state index < -0.39 is 11.9 Å². The van der Waals surface area contributed by atoms with Crippen molar-refractivity contribution in [2.24, 2.45) is 4.99 Å². The molecule has 1 aliphatic rings. The number of benzene rings is 1. The van der Waals surface area contributed by atoms with Gasteiger partial charge in [-0.15, -0.1) is 0 Å². The van der Waals surface area contributed by atoms with Crippen molar-refractivity contribution in [1.82, 2.24) is 20.0 Å². The van der Waals surface area contributed by atoms with Gasteiger partial charge < -0.3 is 5.32 Å². The minimum Gasteiger partial charge on any atom is -0.304 e. The van der Waals surface area contributed by atoms with E-state index in [4.69, 9.17) is 0 Å². The van der Waals surface area contributed by atoms with Crippen molar-refractivity contribution < 1.29 is 9.59 Å². The lowest BCUT2D eigenvalue weighted by Crippen LogP contribution is -2.57. The van der Waals surface area contributed by atoms with Gasteiger partial charge in [0.1, 0.15) is 11.9 Å². The van der Waals surface area contributed by atoms with Crippen LogP contribution in [0.5, 0.6) is 0 Å². The molecule has 4 rings (SSSR count). The first-order valence-electron chi connectivity index (χ1n) is 7.97. The Bertz CT molecular complexity index is 1010. The average molecular weight is 349 g/mol. The maximum absolute atomic E-state index is 12.7. The number of amidine groups is 1. The van der Waals surface area contributed by atoms with E-state index in [1.54, 1.807) is 43.6 Å². The number of fused-ring (bicyclic) bond motifs is 1. The standard InChI is InChI=1S/C17H15N7O2/c1-11-17(26)23(12-5-3-2-4-6-12)22-15(20-11)16(25)21-14-7-9-18-13-8-10-19-24(13)14/h2-11H,1H3,(H,20,22)(H,21,25). The Hall–Kier alpha value is -3.75. The highest BCUT2D eigenvalue weighted by atomic mass is 16.2. The number of aliphatic imine (C=N–C) groups is 1. The third-order valence-electron chi connectivity index (χ3n) is 3.88. The van der Waals surface area contributed by atoms with Gasteiger partial charge in [-0.3, -0.25) is 15.0 Å². The number of rotatable bonds is 3. The minimum absolute atomic E-state index is 0.0399. The van der Waals surface area contributed by atoms with Crippen LogP contribution in [0.25, 0.3) is 5.65 Å². The Labute approximate surface area is 148 Å². The van der Waals surface area contributed by atoms with Crippen LogP contribution < -0.4 is 15.8 Å². The smallest absolute Gasteiger partial charge is 0.293 e. The molecule has 2 N–H and O–H groups in total. The first-order valence-corrected chi connectivity index (χ1v) is 7.97. The number of hydrazine groups is 1. The molecule has 1 unspecified atom stereocenters. The average Bonchev–Trinajstić information content (AvgIpc) is 3.14. The minimum atomic E-state index is -0.681. The molecule has 3 heterocycles. The van der Waals surface area contributed by atoms with E-state index >= 15 is 0 Å². The second-order valence-electron chi connectivity index (χ2n) is 5.66. The van der Waals surface area contributed by atoms with Gasteiger partial charge in [0.2, 0.25) is 5.84 Å². The second-order valence-corrected chi connectivity index (χ2v) is 5.66. The molecule has 0 spiro atoms. The summed E-state index contributed by atoms with van der Waals surface area (Å²) in [4.78, 5) is 33.4. The van der Waals surface area contributed by atoms with Crippen LogP contribution in [-0.2, 0) is 9.59 Å². The highest BCUT2D eigenvalue weighted by Crippen LogP contribution is 2.16. The topological polar surface area (TPSA) is 104 Å². The summed E-state index contributed by atoms with van der Waals surface area (Å²) in [5.41, 5.74) is 4.02. The molecule has 1 aliphatic heterocycles. The molecular formula is C17H15N7O2. The van der Waals surface area contributed by atoms with Gasteiger partial charge in [-0.1, -0.05) is 18.2 Å². The number of anilines is 2. The fourth-order valence-corrected chi connectivity index (χ4v) is 2.61. The van der Waals surface area contributed by atoms with Crippen LogP contribution >= 0.6 is 0 Å². The summed E-state index contributed by atoms with van der Waals surface area (Å²) in [7, 11) is 0. The summed E-state index contributed by atoms with van der Waals surface area (Å²) < 4.78 is 1.50. The molecule has 0 aliphatic carbocycles. The predicted molar refractivity (Wildman–Crippen MR) is 95.6 cm³/mol. The third kappa shape index (κ3) is 2.75. The van der Waals surface area contributed by atoms with Crippen molar-refractivity contribution in [3.63, 3.8) is 0 Å². The van der Waals surface area contributed by atoms with E-state index in [0.717, 1.165) is 0 Å². The molecule has 2 amide bonds. The number of hydrogen-bond donors (Lipinski definition) is 2. The van der Waals surface area contributed by atoms with Crippen LogP contribution in [0, 0.1) is 0 Å². The number of amides is 2. The zero-order valence-electron chi connectivity index (χ0n) is 13.8. The Morgan fingerprint density at radius 2 is 1.96 bits per heavy atom. The van der Waals surface area contributed by atoms with Gasteiger partial charge in [-0.2, -0.15) is 9.61 Å². The molecule has 0 saturated heterocycles. The molecule has 3 aromatic rings. The summed E-state index contributed by atoms with van der Waals surface area (Å²) in [5.74, 6) is -0.234. The molecule has 26 heavy (non-hydrogen) atoms. The fraction of sp³-hybridized carbons (Fsp3) is 0.118. The quantitative estimate of drug-likeness (QED) is 0.734. The summed E-state index contributed by atoms with van der Waals surface area (Å²) >= 11 is 0. The largest absolute Gasteiger partial charge is 0.304 e. The van der Waals surface area contributed by atoms with Crippen LogP contribution in [0.3, 0.4) is 0 Å². The molecule has 0 fully saturated rings. The summed E-state index contributed by atoms with van der Waals surface area (Å²) in [6.07, 6.45) is 3.16.